The van der Waals surface area contributed by atoms with E-state index < -0.39 is 0 Å². The van der Waals surface area contributed by atoms with Gasteiger partial charge >= 0.3 is 0 Å². The molecule has 0 radical (unpaired) electrons. The topological polar surface area (TPSA) is 72.7 Å². The minimum atomic E-state index is 0.0814. The fourth-order valence-electron chi connectivity index (χ4n) is 6.56. The van der Waals surface area contributed by atoms with E-state index in [1.807, 2.05) is 6.07 Å². The van der Waals surface area contributed by atoms with Crippen LogP contribution in [0.25, 0.3) is 5.69 Å². The highest BCUT2D eigenvalue weighted by Gasteiger charge is 2.53. The van der Waals surface area contributed by atoms with Crippen molar-refractivity contribution < 1.29 is 4.79 Å². The Morgan fingerprint density at radius 3 is 2.47 bits per heavy atom. The summed E-state index contributed by atoms with van der Waals surface area (Å²) in [6, 6.07) is 6.40. The van der Waals surface area contributed by atoms with Gasteiger partial charge in [0.2, 0.25) is 11.1 Å². The molecule has 6 nitrogen and oxygen atoms in total. The molecule has 1 N–H and O–H groups in total. The highest BCUT2D eigenvalue weighted by molar-refractivity contribution is 7.99. The maximum atomic E-state index is 12.8. The zero-order valence-electron chi connectivity index (χ0n) is 18.1. The van der Waals surface area contributed by atoms with Gasteiger partial charge < -0.3 is 5.32 Å². The molecule has 30 heavy (non-hydrogen) atoms. The number of carbonyl (C=O) groups is 1. The number of carbonyl (C=O) groups excluding carboxylic acids is 1. The highest BCUT2D eigenvalue weighted by Crippen LogP contribution is 2.61. The number of thioether (sulfide) groups is 1. The largest absolute Gasteiger partial charge is 0.352 e. The first kappa shape index (κ1) is 20.0. The number of hydrogen-bond acceptors (Lipinski definition) is 5. The third-order valence-electron chi connectivity index (χ3n) is 7.89. The molecule has 4 fully saturated rings. The van der Waals surface area contributed by atoms with Gasteiger partial charge in [-0.15, -0.1) is 5.10 Å². The van der Waals surface area contributed by atoms with Crippen molar-refractivity contribution in [2.24, 2.45) is 23.2 Å². The van der Waals surface area contributed by atoms with Crippen molar-refractivity contribution in [3.8, 4) is 5.69 Å². The summed E-state index contributed by atoms with van der Waals surface area (Å²) < 4.78 is 1.72. The van der Waals surface area contributed by atoms with Crippen LogP contribution in [-0.4, -0.2) is 37.9 Å². The van der Waals surface area contributed by atoms with E-state index in [1.54, 1.807) is 4.68 Å². The number of aromatic nitrogens is 4. The van der Waals surface area contributed by atoms with Gasteiger partial charge in [-0.05, 0) is 116 Å². The summed E-state index contributed by atoms with van der Waals surface area (Å²) in [5.74, 6) is 3.10. The van der Waals surface area contributed by atoms with Crippen molar-refractivity contribution in [2.45, 2.75) is 70.5 Å². The van der Waals surface area contributed by atoms with Gasteiger partial charge in [0.15, 0.2) is 0 Å². The van der Waals surface area contributed by atoms with Crippen LogP contribution in [0.3, 0.4) is 0 Å². The molecule has 0 aliphatic heterocycles. The van der Waals surface area contributed by atoms with E-state index in [9.17, 15) is 4.79 Å². The molecule has 4 aliphatic rings. The van der Waals surface area contributed by atoms with Gasteiger partial charge in [-0.3, -0.25) is 4.79 Å². The third kappa shape index (κ3) is 3.66. The number of benzene rings is 1. The molecule has 1 atom stereocenters. The fourth-order valence-corrected chi connectivity index (χ4v) is 7.26. The number of tetrazole rings is 1. The molecule has 1 aromatic carbocycles. The molecular formula is C23H31N5OS. The van der Waals surface area contributed by atoms with E-state index in [1.165, 1.54) is 61.4 Å². The Morgan fingerprint density at radius 2 is 1.83 bits per heavy atom. The summed E-state index contributed by atoms with van der Waals surface area (Å²) in [7, 11) is 0. The summed E-state index contributed by atoms with van der Waals surface area (Å²) >= 11 is 1.40. The maximum Gasteiger partial charge on any atom is 0.230 e. The van der Waals surface area contributed by atoms with Crippen LogP contribution in [0.5, 0.6) is 0 Å². The quantitative estimate of drug-likeness (QED) is 0.706. The second-order valence-corrected chi connectivity index (χ2v) is 10.9. The predicted octanol–water partition coefficient (Wildman–Crippen LogP) is 4.09. The molecule has 4 bridgehead atoms. The zero-order chi connectivity index (χ0) is 20.9. The van der Waals surface area contributed by atoms with E-state index in [0.717, 1.165) is 23.4 Å². The molecule has 0 unspecified atom stereocenters. The lowest BCUT2D eigenvalue weighted by atomic mass is 9.48. The van der Waals surface area contributed by atoms with Crippen molar-refractivity contribution in [2.75, 3.05) is 5.75 Å². The van der Waals surface area contributed by atoms with Crippen LogP contribution in [0, 0.1) is 37.0 Å². The van der Waals surface area contributed by atoms with Gasteiger partial charge in [-0.2, -0.15) is 4.68 Å². The summed E-state index contributed by atoms with van der Waals surface area (Å²) in [5, 5.41) is 16.1. The molecular weight excluding hydrogens is 394 g/mol. The van der Waals surface area contributed by atoms with Crippen LogP contribution in [0.2, 0.25) is 0 Å². The van der Waals surface area contributed by atoms with Crippen LogP contribution in [0.4, 0.5) is 0 Å². The Hall–Kier alpha value is -1.89. The van der Waals surface area contributed by atoms with Crippen molar-refractivity contribution in [3.05, 3.63) is 29.3 Å². The van der Waals surface area contributed by atoms with Crippen molar-refractivity contribution >= 4 is 17.7 Å². The molecule has 160 valence electrons. The van der Waals surface area contributed by atoms with E-state index in [4.69, 9.17) is 0 Å². The lowest BCUT2D eigenvalue weighted by Crippen LogP contribution is -2.56. The first-order valence-corrected chi connectivity index (χ1v) is 12.2. The fraction of sp³-hybridized carbons (Fsp3) is 0.652. The Balaban J connectivity index is 1.21. The molecule has 4 aliphatic carbocycles. The monoisotopic (exact) mass is 425 g/mol. The molecule has 1 aromatic heterocycles. The molecule has 4 saturated carbocycles. The number of rotatable bonds is 6. The lowest BCUT2D eigenvalue weighted by Gasteiger charge is -2.59. The Kier molecular flexibility index (Phi) is 5.12. The van der Waals surface area contributed by atoms with Crippen LogP contribution in [0.1, 0.15) is 56.6 Å². The normalized spacial score (nSPS) is 30.4. The van der Waals surface area contributed by atoms with Crippen LogP contribution in [0.15, 0.2) is 23.4 Å². The van der Waals surface area contributed by atoms with Gasteiger partial charge in [-0.1, -0.05) is 17.8 Å². The summed E-state index contributed by atoms with van der Waals surface area (Å²) in [6.45, 7) is 6.40. The van der Waals surface area contributed by atoms with E-state index in [0.29, 0.717) is 16.3 Å². The van der Waals surface area contributed by atoms with Crippen LogP contribution < -0.4 is 5.32 Å². The molecule has 0 saturated heterocycles. The second-order valence-electron chi connectivity index (χ2n) is 10.00. The first-order valence-electron chi connectivity index (χ1n) is 11.2. The van der Waals surface area contributed by atoms with Crippen LogP contribution >= 0.6 is 11.8 Å². The number of nitrogens with zero attached hydrogens (tertiary/aromatic N) is 4. The number of amides is 1. The van der Waals surface area contributed by atoms with Gasteiger partial charge in [0.1, 0.15) is 0 Å². The minimum Gasteiger partial charge on any atom is -0.352 e. The van der Waals surface area contributed by atoms with E-state index >= 15 is 0 Å². The number of hydrogen-bond donors (Lipinski definition) is 1. The molecule has 1 heterocycles. The van der Waals surface area contributed by atoms with Gasteiger partial charge in [-0.25, -0.2) is 0 Å². The minimum absolute atomic E-state index is 0.0814. The molecule has 2 aromatic rings. The van der Waals surface area contributed by atoms with Crippen molar-refractivity contribution in [1.29, 1.82) is 0 Å². The average molecular weight is 426 g/mol. The third-order valence-corrected chi connectivity index (χ3v) is 8.81. The Morgan fingerprint density at radius 1 is 1.17 bits per heavy atom. The SMILES string of the molecule is Cc1ccc(-n2nnnc2SCC(=O)N[C@@H](C)C23CC4CC(CC(C4)C2)C3)cc1C. The Bertz CT molecular complexity index is 920. The molecule has 1 amide bonds. The van der Waals surface area contributed by atoms with Gasteiger partial charge in [0, 0.05) is 6.04 Å². The first-order chi connectivity index (χ1) is 14.4. The zero-order valence-corrected chi connectivity index (χ0v) is 18.9. The standard InChI is InChI=1S/C23H31N5OS/c1-14-4-5-20(6-15(14)2)28-22(25-26-27-28)30-13-21(29)24-16(3)23-10-17-7-18(11-23)9-19(8-17)12-23/h4-6,16-19H,7-13H2,1-3H3,(H,24,29)/t16-,17?,18?,19?,23?/m0/s1. The molecule has 7 heteroatoms. The highest BCUT2D eigenvalue weighted by atomic mass is 32.2. The number of nitrogens with one attached hydrogen (secondary N) is 1. The number of aryl methyl sites for hydroxylation is 2. The van der Waals surface area contributed by atoms with E-state index in [2.05, 4.69) is 53.7 Å². The summed E-state index contributed by atoms with van der Waals surface area (Å²) in [4.78, 5) is 12.8. The average Bonchev–Trinajstić information content (AvgIpc) is 3.16. The van der Waals surface area contributed by atoms with Gasteiger partial charge in [0.25, 0.3) is 0 Å². The molecule has 0 spiro atoms. The second kappa shape index (κ2) is 7.66. The van der Waals surface area contributed by atoms with E-state index in [-0.39, 0.29) is 11.9 Å². The van der Waals surface area contributed by atoms with Crippen molar-refractivity contribution in [1.82, 2.24) is 25.5 Å². The van der Waals surface area contributed by atoms with Gasteiger partial charge in [0.05, 0.1) is 11.4 Å². The lowest BCUT2D eigenvalue weighted by molar-refractivity contribution is -0.123. The summed E-state index contributed by atoms with van der Waals surface area (Å²) in [5.41, 5.74) is 3.68. The summed E-state index contributed by atoms with van der Waals surface area (Å²) in [6.07, 6.45) is 8.20. The van der Waals surface area contributed by atoms with Crippen molar-refractivity contribution in [3.63, 3.8) is 0 Å². The maximum absolute atomic E-state index is 12.8. The molecule has 6 rings (SSSR count). The Labute approximate surface area is 182 Å². The van der Waals surface area contributed by atoms with Crippen LogP contribution in [-0.2, 0) is 4.79 Å². The predicted molar refractivity (Wildman–Crippen MR) is 118 cm³/mol. The smallest absolute Gasteiger partial charge is 0.230 e.